The van der Waals surface area contributed by atoms with E-state index in [0.717, 1.165) is 29.2 Å². The number of nitrogens with zero attached hydrogens (tertiary/aromatic N) is 2. The second-order valence-electron chi connectivity index (χ2n) is 7.98. The van der Waals surface area contributed by atoms with Crippen LogP contribution in [0.3, 0.4) is 0 Å². The minimum absolute atomic E-state index is 0.102. The Morgan fingerprint density at radius 3 is 2.52 bits per heavy atom. The fourth-order valence-corrected chi connectivity index (χ4v) is 4.23. The summed E-state index contributed by atoms with van der Waals surface area (Å²) in [6.07, 6.45) is 0.640. The summed E-state index contributed by atoms with van der Waals surface area (Å²) in [5.74, 6) is 1.59. The lowest BCUT2D eigenvalue weighted by atomic mass is 10.0. The number of benzene rings is 4. The summed E-state index contributed by atoms with van der Waals surface area (Å²) in [6.45, 7) is 1.23. The molecule has 4 aromatic carbocycles. The molecule has 1 heterocycles. The van der Waals surface area contributed by atoms with Gasteiger partial charge in [0.05, 0.1) is 18.1 Å². The SMILES string of the molecule is COc1ccc(C(=O)NCCc2nc3ccccc3n2Cc2cccc3ccccc23)cc1. The Kier molecular flexibility index (Phi) is 5.77. The van der Waals surface area contributed by atoms with E-state index in [-0.39, 0.29) is 5.91 Å². The maximum absolute atomic E-state index is 12.5. The Morgan fingerprint density at radius 1 is 0.909 bits per heavy atom. The molecule has 1 N–H and O–H groups in total. The Hall–Kier alpha value is -4.12. The zero-order valence-electron chi connectivity index (χ0n) is 18.5. The van der Waals surface area contributed by atoms with Gasteiger partial charge >= 0.3 is 0 Å². The van der Waals surface area contributed by atoms with Crippen LogP contribution < -0.4 is 10.1 Å². The molecule has 0 atom stereocenters. The maximum Gasteiger partial charge on any atom is 0.251 e. The van der Waals surface area contributed by atoms with Crippen molar-refractivity contribution in [1.29, 1.82) is 0 Å². The van der Waals surface area contributed by atoms with Crippen molar-refractivity contribution in [3.63, 3.8) is 0 Å². The first kappa shape index (κ1) is 20.8. The minimum Gasteiger partial charge on any atom is -0.497 e. The third-order valence-corrected chi connectivity index (χ3v) is 5.93. The number of amides is 1. The first-order valence-corrected chi connectivity index (χ1v) is 11.1. The molecular weight excluding hydrogens is 410 g/mol. The predicted octanol–water partition coefficient (Wildman–Crippen LogP) is 5.22. The molecule has 0 bridgehead atoms. The van der Waals surface area contributed by atoms with Crippen LogP contribution in [0.2, 0.25) is 0 Å². The molecule has 0 saturated carbocycles. The summed E-state index contributed by atoms with van der Waals surface area (Å²) in [5, 5.41) is 5.49. The normalized spacial score (nSPS) is 11.1. The Balaban J connectivity index is 1.38. The highest BCUT2D eigenvalue weighted by Crippen LogP contribution is 2.23. The maximum atomic E-state index is 12.5. The van der Waals surface area contributed by atoms with Crippen LogP contribution in [0.15, 0.2) is 91.0 Å². The quantitative estimate of drug-likeness (QED) is 0.381. The average Bonchev–Trinajstić information content (AvgIpc) is 3.21. The minimum atomic E-state index is -0.102. The van der Waals surface area contributed by atoms with E-state index < -0.39 is 0 Å². The molecule has 0 unspecified atom stereocenters. The van der Waals surface area contributed by atoms with E-state index >= 15 is 0 Å². The van der Waals surface area contributed by atoms with Crippen LogP contribution >= 0.6 is 0 Å². The number of rotatable bonds is 7. The molecule has 5 rings (SSSR count). The largest absolute Gasteiger partial charge is 0.497 e. The number of para-hydroxylation sites is 2. The summed E-state index contributed by atoms with van der Waals surface area (Å²) in [6, 6.07) is 30.2. The average molecular weight is 436 g/mol. The van der Waals surface area contributed by atoms with E-state index in [0.29, 0.717) is 18.5 Å². The molecule has 1 amide bonds. The van der Waals surface area contributed by atoms with E-state index in [1.165, 1.54) is 16.3 Å². The van der Waals surface area contributed by atoms with Crippen molar-refractivity contribution in [3.8, 4) is 5.75 Å². The summed E-state index contributed by atoms with van der Waals surface area (Å²) in [4.78, 5) is 17.4. The predicted molar refractivity (Wildman–Crippen MR) is 132 cm³/mol. The first-order chi connectivity index (χ1) is 16.2. The molecule has 33 heavy (non-hydrogen) atoms. The third-order valence-electron chi connectivity index (χ3n) is 5.93. The number of imidazole rings is 1. The van der Waals surface area contributed by atoms with E-state index in [1.807, 2.05) is 18.2 Å². The molecule has 0 spiro atoms. The van der Waals surface area contributed by atoms with Crippen LogP contribution in [0, 0.1) is 0 Å². The fraction of sp³-hybridized carbons (Fsp3) is 0.143. The van der Waals surface area contributed by atoms with Crippen molar-refractivity contribution < 1.29 is 9.53 Å². The van der Waals surface area contributed by atoms with Crippen LogP contribution in [-0.2, 0) is 13.0 Å². The molecule has 0 fully saturated rings. The van der Waals surface area contributed by atoms with Crippen LogP contribution in [0.5, 0.6) is 5.75 Å². The molecule has 0 aliphatic heterocycles. The number of hydrogen-bond acceptors (Lipinski definition) is 3. The molecule has 1 aromatic heterocycles. The fourth-order valence-electron chi connectivity index (χ4n) is 4.23. The first-order valence-electron chi connectivity index (χ1n) is 11.1. The van der Waals surface area contributed by atoms with Gasteiger partial charge in [0.1, 0.15) is 11.6 Å². The van der Waals surface area contributed by atoms with Crippen LogP contribution in [0.4, 0.5) is 0 Å². The Labute approximate surface area is 192 Å². The van der Waals surface area contributed by atoms with Crippen LogP contribution in [0.1, 0.15) is 21.7 Å². The van der Waals surface area contributed by atoms with Crippen molar-refractivity contribution >= 4 is 27.7 Å². The summed E-state index contributed by atoms with van der Waals surface area (Å²) < 4.78 is 7.42. The number of carbonyl (C=O) groups is 1. The van der Waals surface area contributed by atoms with Gasteiger partial charge in [-0.25, -0.2) is 4.98 Å². The lowest BCUT2D eigenvalue weighted by molar-refractivity contribution is 0.0954. The molecule has 0 saturated heterocycles. The van der Waals surface area contributed by atoms with Gasteiger partial charge in [-0.15, -0.1) is 0 Å². The molecule has 5 heteroatoms. The number of methoxy groups -OCH3 is 1. The molecular formula is C28H25N3O2. The van der Waals surface area contributed by atoms with Crippen LogP contribution in [0.25, 0.3) is 21.8 Å². The summed E-state index contributed by atoms with van der Waals surface area (Å²) in [5.41, 5.74) is 3.93. The molecule has 0 radical (unpaired) electrons. The number of nitrogens with one attached hydrogen (secondary N) is 1. The lowest BCUT2D eigenvalue weighted by Crippen LogP contribution is -2.26. The summed E-state index contributed by atoms with van der Waals surface area (Å²) >= 11 is 0. The molecule has 164 valence electrons. The zero-order valence-corrected chi connectivity index (χ0v) is 18.5. The van der Waals surface area contributed by atoms with Gasteiger partial charge in [-0.3, -0.25) is 4.79 Å². The third kappa shape index (κ3) is 4.30. The van der Waals surface area contributed by atoms with Gasteiger partial charge in [0.25, 0.3) is 5.91 Å². The lowest BCUT2D eigenvalue weighted by Gasteiger charge is -2.12. The molecule has 5 nitrogen and oxygen atoms in total. The number of ether oxygens (including phenoxy) is 1. The Morgan fingerprint density at radius 2 is 1.67 bits per heavy atom. The summed E-state index contributed by atoms with van der Waals surface area (Å²) in [7, 11) is 1.61. The highest BCUT2D eigenvalue weighted by molar-refractivity contribution is 5.94. The molecule has 0 aliphatic carbocycles. The molecule has 0 aliphatic rings. The topological polar surface area (TPSA) is 56.1 Å². The highest BCUT2D eigenvalue weighted by Gasteiger charge is 2.13. The van der Waals surface area contributed by atoms with E-state index in [9.17, 15) is 4.79 Å². The Bertz CT molecular complexity index is 1420. The van der Waals surface area contributed by atoms with Crippen molar-refractivity contribution in [2.45, 2.75) is 13.0 Å². The van der Waals surface area contributed by atoms with Gasteiger partial charge < -0.3 is 14.6 Å². The van der Waals surface area contributed by atoms with Gasteiger partial charge in [-0.2, -0.15) is 0 Å². The zero-order chi connectivity index (χ0) is 22.6. The van der Waals surface area contributed by atoms with Crippen molar-refractivity contribution in [2.75, 3.05) is 13.7 Å². The van der Waals surface area contributed by atoms with Gasteiger partial charge in [0, 0.05) is 25.1 Å². The van der Waals surface area contributed by atoms with Crippen molar-refractivity contribution in [3.05, 3.63) is 108 Å². The molecule has 5 aromatic rings. The van der Waals surface area contributed by atoms with Gasteiger partial charge in [-0.1, -0.05) is 54.6 Å². The van der Waals surface area contributed by atoms with Crippen molar-refractivity contribution in [1.82, 2.24) is 14.9 Å². The second kappa shape index (κ2) is 9.17. The van der Waals surface area contributed by atoms with Crippen LogP contribution in [-0.4, -0.2) is 29.1 Å². The van der Waals surface area contributed by atoms with Gasteiger partial charge in [0.15, 0.2) is 0 Å². The number of aromatic nitrogens is 2. The number of carbonyl (C=O) groups excluding carboxylic acids is 1. The standard InChI is InChI=1S/C28H25N3O2/c1-33-23-15-13-21(14-16-23)28(32)29-18-17-27-30-25-11-4-5-12-26(25)31(27)19-22-9-6-8-20-7-2-3-10-24(20)22/h2-16H,17-19H2,1H3,(H,29,32). The van der Waals surface area contributed by atoms with E-state index in [1.54, 1.807) is 31.4 Å². The smallest absolute Gasteiger partial charge is 0.251 e. The highest BCUT2D eigenvalue weighted by atomic mass is 16.5. The van der Waals surface area contributed by atoms with E-state index in [2.05, 4.69) is 58.4 Å². The van der Waals surface area contributed by atoms with E-state index in [4.69, 9.17) is 9.72 Å². The van der Waals surface area contributed by atoms with Crippen molar-refractivity contribution in [2.24, 2.45) is 0 Å². The number of fused-ring (bicyclic) bond motifs is 2. The second-order valence-corrected chi connectivity index (χ2v) is 7.98. The van der Waals surface area contributed by atoms with Gasteiger partial charge in [-0.05, 0) is 52.7 Å². The monoisotopic (exact) mass is 435 g/mol. The van der Waals surface area contributed by atoms with Gasteiger partial charge in [0.2, 0.25) is 0 Å². The number of hydrogen-bond donors (Lipinski definition) is 1.